The number of aromatic nitrogens is 1. The largest absolute Gasteiger partial charge is 0.322 e. The number of nitrogens with zero attached hydrogens (tertiary/aromatic N) is 1. The number of rotatable bonds is 3. The molecule has 0 fully saturated rings. The van der Waals surface area contributed by atoms with E-state index in [1.807, 2.05) is 0 Å². The van der Waals surface area contributed by atoms with Crippen LogP contribution in [-0.2, 0) is 14.6 Å². The standard InChI is InChI=1S/C9H10Cl2N2O3S/c1-5-3-6(10)12-9(11)8(5)13-7(14)4-17(2,15)16/h3H,4H2,1-2H3,(H,13,14). The van der Waals surface area contributed by atoms with E-state index < -0.39 is 21.5 Å². The number of hydrogen-bond donors (Lipinski definition) is 1. The molecule has 1 amide bonds. The van der Waals surface area contributed by atoms with Gasteiger partial charge in [-0.05, 0) is 18.6 Å². The van der Waals surface area contributed by atoms with E-state index in [2.05, 4.69) is 10.3 Å². The minimum absolute atomic E-state index is 0.0249. The molecule has 5 nitrogen and oxygen atoms in total. The molecule has 0 aliphatic heterocycles. The minimum atomic E-state index is -3.38. The quantitative estimate of drug-likeness (QED) is 0.861. The van der Waals surface area contributed by atoms with Gasteiger partial charge >= 0.3 is 0 Å². The zero-order valence-electron chi connectivity index (χ0n) is 9.12. The molecule has 0 spiro atoms. The van der Waals surface area contributed by atoms with Crippen molar-refractivity contribution >= 4 is 44.6 Å². The lowest BCUT2D eigenvalue weighted by molar-refractivity contribution is -0.113. The van der Waals surface area contributed by atoms with E-state index in [-0.39, 0.29) is 16.0 Å². The number of anilines is 1. The first-order valence-electron chi connectivity index (χ1n) is 4.49. The molecule has 0 aliphatic carbocycles. The Balaban J connectivity index is 2.93. The third-order valence-electron chi connectivity index (χ3n) is 1.80. The molecule has 94 valence electrons. The van der Waals surface area contributed by atoms with Gasteiger partial charge in [0.2, 0.25) is 5.91 Å². The van der Waals surface area contributed by atoms with E-state index in [1.165, 1.54) is 6.07 Å². The number of aryl methyl sites for hydroxylation is 1. The van der Waals surface area contributed by atoms with Gasteiger partial charge in [-0.2, -0.15) is 0 Å². The van der Waals surface area contributed by atoms with Crippen molar-refractivity contribution in [2.24, 2.45) is 0 Å². The molecule has 0 atom stereocenters. The van der Waals surface area contributed by atoms with Crippen LogP contribution in [0.15, 0.2) is 6.07 Å². The summed E-state index contributed by atoms with van der Waals surface area (Å²) in [6, 6.07) is 1.52. The lowest BCUT2D eigenvalue weighted by Gasteiger charge is -2.09. The van der Waals surface area contributed by atoms with Gasteiger partial charge < -0.3 is 5.32 Å². The van der Waals surface area contributed by atoms with E-state index in [1.54, 1.807) is 6.92 Å². The molecule has 1 rings (SSSR count). The van der Waals surface area contributed by atoms with Gasteiger partial charge in [0.15, 0.2) is 15.0 Å². The van der Waals surface area contributed by atoms with Crippen molar-refractivity contribution in [3.8, 4) is 0 Å². The highest BCUT2D eigenvalue weighted by Gasteiger charge is 2.15. The molecule has 1 heterocycles. The average molecular weight is 297 g/mol. The summed E-state index contributed by atoms with van der Waals surface area (Å²) in [4.78, 5) is 15.2. The van der Waals surface area contributed by atoms with Gasteiger partial charge in [0, 0.05) is 6.26 Å². The Labute approximate surface area is 109 Å². The van der Waals surface area contributed by atoms with Gasteiger partial charge in [-0.15, -0.1) is 0 Å². The topological polar surface area (TPSA) is 76.1 Å². The van der Waals surface area contributed by atoms with Gasteiger partial charge in [-0.1, -0.05) is 23.2 Å². The van der Waals surface area contributed by atoms with Crippen molar-refractivity contribution in [2.45, 2.75) is 6.92 Å². The maximum atomic E-state index is 11.4. The van der Waals surface area contributed by atoms with Crippen LogP contribution < -0.4 is 5.32 Å². The van der Waals surface area contributed by atoms with Gasteiger partial charge in [-0.3, -0.25) is 4.79 Å². The van der Waals surface area contributed by atoms with E-state index in [0.717, 1.165) is 6.26 Å². The molecule has 8 heteroatoms. The fourth-order valence-electron chi connectivity index (χ4n) is 1.16. The lowest BCUT2D eigenvalue weighted by atomic mass is 10.2. The maximum absolute atomic E-state index is 11.4. The summed E-state index contributed by atoms with van der Waals surface area (Å²) in [7, 11) is -3.38. The predicted molar refractivity (Wildman–Crippen MR) is 67.3 cm³/mol. The van der Waals surface area contributed by atoms with E-state index in [0.29, 0.717) is 5.56 Å². The first-order chi connectivity index (χ1) is 7.69. The van der Waals surface area contributed by atoms with Gasteiger partial charge in [0.05, 0.1) is 5.69 Å². The molecule has 1 aromatic rings. The molecule has 0 bridgehead atoms. The van der Waals surface area contributed by atoms with Crippen molar-refractivity contribution in [2.75, 3.05) is 17.3 Å². The molecule has 0 saturated carbocycles. The number of amides is 1. The summed E-state index contributed by atoms with van der Waals surface area (Å²) >= 11 is 11.5. The molecule has 1 N–H and O–H groups in total. The third kappa shape index (κ3) is 4.49. The number of sulfone groups is 1. The number of halogens is 2. The average Bonchev–Trinajstić information content (AvgIpc) is 2.08. The third-order valence-corrected chi connectivity index (χ3v) is 3.05. The molecule has 0 aliphatic rings. The monoisotopic (exact) mass is 296 g/mol. The first-order valence-corrected chi connectivity index (χ1v) is 7.31. The Bertz CT molecular complexity index is 534. The smallest absolute Gasteiger partial charge is 0.239 e. The Morgan fingerprint density at radius 2 is 2.06 bits per heavy atom. The summed E-state index contributed by atoms with van der Waals surface area (Å²) < 4.78 is 21.9. The fourth-order valence-corrected chi connectivity index (χ4v) is 2.29. The van der Waals surface area contributed by atoms with Gasteiger partial charge in [0.1, 0.15) is 10.9 Å². The maximum Gasteiger partial charge on any atom is 0.239 e. The van der Waals surface area contributed by atoms with E-state index in [9.17, 15) is 13.2 Å². The van der Waals surface area contributed by atoms with Crippen molar-refractivity contribution in [3.63, 3.8) is 0 Å². The van der Waals surface area contributed by atoms with Crippen molar-refractivity contribution in [1.29, 1.82) is 0 Å². The summed E-state index contributed by atoms with van der Waals surface area (Å²) in [6.07, 6.45) is 0.973. The van der Waals surface area contributed by atoms with Crippen LogP contribution in [0.25, 0.3) is 0 Å². The zero-order chi connectivity index (χ0) is 13.2. The van der Waals surface area contributed by atoms with Crippen LogP contribution in [-0.4, -0.2) is 31.3 Å². The summed E-state index contributed by atoms with van der Waals surface area (Å²) in [5.41, 5.74) is 0.876. The van der Waals surface area contributed by atoms with Crippen molar-refractivity contribution in [1.82, 2.24) is 4.98 Å². The Morgan fingerprint density at radius 3 is 2.53 bits per heavy atom. The summed E-state index contributed by atoms with van der Waals surface area (Å²) in [6.45, 7) is 1.68. The highest BCUT2D eigenvalue weighted by molar-refractivity contribution is 7.91. The second kappa shape index (κ2) is 5.20. The van der Waals surface area contributed by atoms with Crippen molar-refractivity contribution in [3.05, 3.63) is 21.9 Å². The Kier molecular flexibility index (Phi) is 4.35. The number of carbonyl (C=O) groups is 1. The first kappa shape index (κ1) is 14.2. The summed E-state index contributed by atoms with van der Waals surface area (Å²) in [5, 5.41) is 2.62. The van der Waals surface area contributed by atoms with Gasteiger partial charge in [-0.25, -0.2) is 13.4 Å². The molecule has 0 unspecified atom stereocenters. The van der Waals surface area contributed by atoms with Crippen LogP contribution in [0.4, 0.5) is 5.69 Å². The molecule has 0 saturated heterocycles. The van der Waals surface area contributed by atoms with Crippen LogP contribution in [0.1, 0.15) is 5.56 Å². The minimum Gasteiger partial charge on any atom is -0.322 e. The number of pyridine rings is 1. The molecule has 0 aromatic carbocycles. The van der Waals surface area contributed by atoms with E-state index >= 15 is 0 Å². The molecular weight excluding hydrogens is 287 g/mol. The van der Waals surface area contributed by atoms with Gasteiger partial charge in [0.25, 0.3) is 0 Å². The second-order valence-electron chi connectivity index (χ2n) is 3.55. The highest BCUT2D eigenvalue weighted by Crippen LogP contribution is 2.26. The molecule has 17 heavy (non-hydrogen) atoms. The lowest BCUT2D eigenvalue weighted by Crippen LogP contribution is -2.22. The number of hydrogen-bond acceptors (Lipinski definition) is 4. The second-order valence-corrected chi connectivity index (χ2v) is 6.43. The van der Waals surface area contributed by atoms with Crippen LogP contribution in [0.3, 0.4) is 0 Å². The van der Waals surface area contributed by atoms with Crippen LogP contribution in [0.5, 0.6) is 0 Å². The van der Waals surface area contributed by atoms with Crippen LogP contribution in [0, 0.1) is 6.92 Å². The van der Waals surface area contributed by atoms with E-state index in [4.69, 9.17) is 23.2 Å². The van der Waals surface area contributed by atoms with Crippen molar-refractivity contribution < 1.29 is 13.2 Å². The Hall–Kier alpha value is -0.850. The predicted octanol–water partition coefficient (Wildman–Crippen LogP) is 1.68. The number of carbonyl (C=O) groups excluding carboxylic acids is 1. The highest BCUT2D eigenvalue weighted by atomic mass is 35.5. The van der Waals surface area contributed by atoms with Crippen LogP contribution in [0.2, 0.25) is 10.3 Å². The fraction of sp³-hybridized carbons (Fsp3) is 0.333. The number of nitrogens with one attached hydrogen (secondary N) is 1. The normalized spacial score (nSPS) is 11.3. The zero-order valence-corrected chi connectivity index (χ0v) is 11.4. The SMILES string of the molecule is Cc1cc(Cl)nc(Cl)c1NC(=O)CS(C)(=O)=O. The van der Waals surface area contributed by atoms with Crippen LogP contribution >= 0.6 is 23.2 Å². The molecular formula is C9H10Cl2N2O3S. The molecule has 0 radical (unpaired) electrons. The Morgan fingerprint density at radius 1 is 1.47 bits per heavy atom. The summed E-state index contributed by atoms with van der Waals surface area (Å²) in [5.74, 6) is -1.27. The molecule has 1 aromatic heterocycles.